The van der Waals surface area contributed by atoms with Crippen molar-refractivity contribution in [1.82, 2.24) is 0 Å². The molecule has 0 aromatic heterocycles. The Labute approximate surface area is 170 Å². The molecule has 1 aliphatic heterocycles. The van der Waals surface area contributed by atoms with Gasteiger partial charge in [-0.25, -0.2) is 9.69 Å². The molecule has 8 heteroatoms. The maximum atomic E-state index is 12.8. The molecule has 1 aliphatic rings. The van der Waals surface area contributed by atoms with Crippen LogP contribution in [0.15, 0.2) is 66.7 Å². The van der Waals surface area contributed by atoms with Crippen LogP contribution in [0.2, 0.25) is 0 Å². The number of carboxylic acid groups (broad SMARTS) is 1. The number of rotatable bonds is 4. The molecule has 2 N–H and O–H groups in total. The number of amides is 3. The lowest BCUT2D eigenvalue weighted by atomic mass is 10.1. The van der Waals surface area contributed by atoms with E-state index in [1.54, 1.807) is 6.07 Å². The van der Waals surface area contributed by atoms with Crippen molar-refractivity contribution in [2.45, 2.75) is 0 Å². The van der Waals surface area contributed by atoms with Gasteiger partial charge in [0.2, 0.25) is 0 Å². The van der Waals surface area contributed by atoms with Crippen molar-refractivity contribution >= 4 is 35.1 Å². The first-order valence-corrected chi connectivity index (χ1v) is 8.80. The van der Waals surface area contributed by atoms with Crippen molar-refractivity contribution in [2.24, 2.45) is 0 Å². The zero-order valence-corrected chi connectivity index (χ0v) is 15.3. The van der Waals surface area contributed by atoms with Gasteiger partial charge in [-0.1, -0.05) is 18.2 Å². The predicted molar refractivity (Wildman–Crippen MR) is 105 cm³/mol. The smallest absolute Gasteiger partial charge is 0.335 e. The number of hydrogen-bond donors (Lipinski definition) is 2. The second kappa shape index (κ2) is 7.17. The number of aromatic carboxylic acids is 1. The molecule has 30 heavy (non-hydrogen) atoms. The molecule has 0 radical (unpaired) electrons. The SMILES string of the molecule is O=C(O)c1ccc2c(c1)C(=O)N(c1cccc(C(=O)Nc3cccc([O-])c3)c1)C2=O. The van der Waals surface area contributed by atoms with Crippen LogP contribution in [0.4, 0.5) is 11.4 Å². The summed E-state index contributed by atoms with van der Waals surface area (Å²) in [5.74, 6) is -3.27. The van der Waals surface area contributed by atoms with E-state index in [1.165, 1.54) is 54.6 Å². The number of carboxylic acids is 1. The van der Waals surface area contributed by atoms with E-state index in [2.05, 4.69) is 5.32 Å². The largest absolute Gasteiger partial charge is 0.872 e. The molecule has 0 atom stereocenters. The predicted octanol–water partition coefficient (Wildman–Crippen LogP) is 2.51. The van der Waals surface area contributed by atoms with Crippen molar-refractivity contribution in [2.75, 3.05) is 10.2 Å². The van der Waals surface area contributed by atoms with Gasteiger partial charge in [-0.3, -0.25) is 14.4 Å². The summed E-state index contributed by atoms with van der Waals surface area (Å²) in [6.07, 6.45) is 0. The Hall–Kier alpha value is -4.46. The number of carbonyl (C=O) groups is 4. The van der Waals surface area contributed by atoms with E-state index in [4.69, 9.17) is 5.11 Å². The first-order valence-electron chi connectivity index (χ1n) is 8.80. The number of benzene rings is 3. The Morgan fingerprint density at radius 1 is 0.833 bits per heavy atom. The molecular weight excluding hydrogens is 388 g/mol. The van der Waals surface area contributed by atoms with Crippen LogP contribution in [0.25, 0.3) is 0 Å². The number of carbonyl (C=O) groups excluding carboxylic acids is 3. The fourth-order valence-electron chi connectivity index (χ4n) is 3.17. The standard InChI is InChI=1S/C22H14N2O6/c25-16-6-2-4-14(11-16)23-19(26)12-3-1-5-15(9-12)24-20(27)17-8-7-13(22(29)30)10-18(17)21(24)28/h1-11,25H,(H,23,26)(H,29,30)/p-1. The molecular formula is C22H13N2O6-. The maximum absolute atomic E-state index is 12.8. The van der Waals surface area contributed by atoms with Crippen LogP contribution in [0, 0.1) is 0 Å². The minimum atomic E-state index is -1.21. The summed E-state index contributed by atoms with van der Waals surface area (Å²) in [5.41, 5.74) is 0.634. The van der Waals surface area contributed by atoms with E-state index < -0.39 is 23.7 Å². The number of hydrogen-bond acceptors (Lipinski definition) is 5. The summed E-state index contributed by atoms with van der Waals surface area (Å²) in [7, 11) is 0. The molecule has 0 fully saturated rings. The van der Waals surface area contributed by atoms with Gasteiger partial charge in [-0.05, 0) is 48.5 Å². The molecule has 3 aromatic carbocycles. The van der Waals surface area contributed by atoms with Gasteiger partial charge >= 0.3 is 5.97 Å². The quantitative estimate of drug-likeness (QED) is 0.647. The third-order valence-electron chi connectivity index (χ3n) is 4.59. The van der Waals surface area contributed by atoms with Gasteiger partial charge in [-0.2, -0.15) is 0 Å². The average Bonchev–Trinajstić information content (AvgIpc) is 2.98. The Morgan fingerprint density at radius 3 is 2.30 bits per heavy atom. The van der Waals surface area contributed by atoms with Crippen LogP contribution in [0.5, 0.6) is 5.75 Å². The summed E-state index contributed by atoms with van der Waals surface area (Å²) in [6.45, 7) is 0. The van der Waals surface area contributed by atoms with Crippen molar-refractivity contribution in [3.8, 4) is 5.75 Å². The molecule has 0 spiro atoms. The van der Waals surface area contributed by atoms with Crippen molar-refractivity contribution < 1.29 is 29.4 Å². The molecule has 3 aromatic rings. The zero-order chi connectivity index (χ0) is 21.4. The van der Waals surface area contributed by atoms with Gasteiger partial charge in [0, 0.05) is 11.3 Å². The molecule has 0 saturated carbocycles. The van der Waals surface area contributed by atoms with E-state index in [-0.39, 0.29) is 33.7 Å². The highest BCUT2D eigenvalue weighted by molar-refractivity contribution is 6.34. The van der Waals surface area contributed by atoms with E-state index in [0.717, 1.165) is 11.0 Å². The first-order chi connectivity index (χ1) is 14.3. The molecule has 148 valence electrons. The van der Waals surface area contributed by atoms with Gasteiger partial charge in [-0.15, -0.1) is 5.75 Å². The number of anilines is 2. The molecule has 0 bridgehead atoms. The third kappa shape index (κ3) is 3.26. The monoisotopic (exact) mass is 401 g/mol. The molecule has 4 rings (SSSR count). The second-order valence-corrected chi connectivity index (χ2v) is 6.54. The molecule has 8 nitrogen and oxygen atoms in total. The number of fused-ring (bicyclic) bond motifs is 1. The van der Waals surface area contributed by atoms with E-state index in [0.29, 0.717) is 5.69 Å². The van der Waals surface area contributed by atoms with Crippen molar-refractivity contribution in [3.05, 3.63) is 89.0 Å². The van der Waals surface area contributed by atoms with E-state index in [1.807, 2.05) is 0 Å². The third-order valence-corrected chi connectivity index (χ3v) is 4.59. The van der Waals surface area contributed by atoms with Crippen LogP contribution in [-0.4, -0.2) is 28.8 Å². The van der Waals surface area contributed by atoms with Gasteiger partial charge in [0.05, 0.1) is 22.4 Å². The Balaban J connectivity index is 1.64. The first kappa shape index (κ1) is 18.9. The number of imide groups is 1. The van der Waals surface area contributed by atoms with Gasteiger partial charge in [0.25, 0.3) is 17.7 Å². The summed E-state index contributed by atoms with van der Waals surface area (Å²) in [6, 6.07) is 15.3. The lowest BCUT2D eigenvalue weighted by Gasteiger charge is -2.15. The maximum Gasteiger partial charge on any atom is 0.335 e. The summed E-state index contributed by atoms with van der Waals surface area (Å²) in [4.78, 5) is 50.1. The second-order valence-electron chi connectivity index (χ2n) is 6.54. The van der Waals surface area contributed by atoms with Crippen LogP contribution in [0.1, 0.15) is 41.4 Å². The van der Waals surface area contributed by atoms with Crippen molar-refractivity contribution in [3.63, 3.8) is 0 Å². The lowest BCUT2D eigenvalue weighted by Crippen LogP contribution is -2.29. The molecule has 1 heterocycles. The lowest BCUT2D eigenvalue weighted by molar-refractivity contribution is -0.268. The molecule has 0 aliphatic carbocycles. The molecule has 3 amide bonds. The zero-order valence-electron chi connectivity index (χ0n) is 15.3. The number of nitrogens with one attached hydrogen (secondary N) is 1. The van der Waals surface area contributed by atoms with Crippen LogP contribution < -0.4 is 15.3 Å². The van der Waals surface area contributed by atoms with Gasteiger partial charge < -0.3 is 15.5 Å². The minimum Gasteiger partial charge on any atom is -0.872 e. The fraction of sp³-hybridized carbons (Fsp3) is 0. The summed E-state index contributed by atoms with van der Waals surface area (Å²) in [5, 5.41) is 23.1. The topological polar surface area (TPSA) is 127 Å². The molecule has 0 unspecified atom stereocenters. The summed E-state index contributed by atoms with van der Waals surface area (Å²) < 4.78 is 0. The van der Waals surface area contributed by atoms with Crippen LogP contribution in [0.3, 0.4) is 0 Å². The van der Waals surface area contributed by atoms with Gasteiger partial charge in [0.15, 0.2) is 0 Å². The highest BCUT2D eigenvalue weighted by atomic mass is 16.4. The normalized spacial score (nSPS) is 12.6. The fourth-order valence-corrected chi connectivity index (χ4v) is 3.17. The van der Waals surface area contributed by atoms with E-state index >= 15 is 0 Å². The van der Waals surface area contributed by atoms with E-state index in [9.17, 15) is 24.3 Å². The molecule has 0 saturated heterocycles. The summed E-state index contributed by atoms with van der Waals surface area (Å²) >= 11 is 0. The highest BCUT2D eigenvalue weighted by Crippen LogP contribution is 2.30. The Bertz CT molecular complexity index is 1230. The highest BCUT2D eigenvalue weighted by Gasteiger charge is 2.37. The van der Waals surface area contributed by atoms with Gasteiger partial charge in [0.1, 0.15) is 0 Å². The number of nitrogens with zero attached hydrogens (tertiary/aromatic N) is 1. The van der Waals surface area contributed by atoms with Crippen molar-refractivity contribution in [1.29, 1.82) is 0 Å². The van der Waals surface area contributed by atoms with Crippen LogP contribution >= 0.6 is 0 Å². The Morgan fingerprint density at radius 2 is 1.57 bits per heavy atom. The Kier molecular flexibility index (Phi) is 4.51. The van der Waals surface area contributed by atoms with Crippen LogP contribution in [-0.2, 0) is 0 Å². The minimum absolute atomic E-state index is 0.0120. The average molecular weight is 401 g/mol.